The van der Waals surface area contributed by atoms with Gasteiger partial charge in [0.15, 0.2) is 0 Å². The standard InChI is InChI=1S/C20H16ClN5O/c21-16-6-4-14(5-7-16)8-10-23-19(27)18-9-11-24-20(26-18)25-17-3-1-2-15(12-17)13-22/h1-7,9,11-12H,8,10H2,(H,23,27)(H,24,25,26). The highest BCUT2D eigenvalue weighted by Crippen LogP contribution is 2.14. The Labute approximate surface area is 161 Å². The smallest absolute Gasteiger partial charge is 0.270 e. The number of nitrogens with one attached hydrogen (secondary N) is 2. The molecule has 3 rings (SSSR count). The van der Waals surface area contributed by atoms with Gasteiger partial charge in [-0.05, 0) is 48.4 Å². The van der Waals surface area contributed by atoms with Crippen LogP contribution in [0.2, 0.25) is 5.02 Å². The predicted molar refractivity (Wildman–Crippen MR) is 104 cm³/mol. The normalized spacial score (nSPS) is 10.1. The Kier molecular flexibility index (Phi) is 5.98. The number of aromatic nitrogens is 2. The number of halogens is 1. The van der Waals surface area contributed by atoms with E-state index in [0.29, 0.717) is 29.2 Å². The zero-order chi connectivity index (χ0) is 19.1. The highest BCUT2D eigenvalue weighted by molar-refractivity contribution is 6.30. The molecule has 7 heteroatoms. The average Bonchev–Trinajstić information content (AvgIpc) is 2.70. The molecular formula is C20H16ClN5O. The van der Waals surface area contributed by atoms with Crippen LogP contribution in [-0.4, -0.2) is 22.4 Å². The van der Waals surface area contributed by atoms with Crippen LogP contribution < -0.4 is 10.6 Å². The first-order valence-corrected chi connectivity index (χ1v) is 8.65. The molecule has 2 N–H and O–H groups in total. The monoisotopic (exact) mass is 377 g/mol. The fourth-order valence-corrected chi connectivity index (χ4v) is 2.53. The lowest BCUT2D eigenvalue weighted by atomic mass is 10.1. The maximum absolute atomic E-state index is 12.3. The van der Waals surface area contributed by atoms with Crippen molar-refractivity contribution in [3.8, 4) is 6.07 Å². The third-order valence-corrected chi connectivity index (χ3v) is 4.00. The molecule has 1 amide bonds. The maximum atomic E-state index is 12.3. The average molecular weight is 378 g/mol. The van der Waals surface area contributed by atoms with E-state index in [4.69, 9.17) is 16.9 Å². The third-order valence-electron chi connectivity index (χ3n) is 3.75. The van der Waals surface area contributed by atoms with Crippen molar-refractivity contribution in [2.45, 2.75) is 6.42 Å². The van der Waals surface area contributed by atoms with Gasteiger partial charge in [0.05, 0.1) is 11.6 Å². The summed E-state index contributed by atoms with van der Waals surface area (Å²) in [6, 6.07) is 18.1. The molecule has 0 fully saturated rings. The molecule has 6 nitrogen and oxygen atoms in total. The van der Waals surface area contributed by atoms with Gasteiger partial charge in [0.2, 0.25) is 5.95 Å². The second kappa shape index (κ2) is 8.79. The van der Waals surface area contributed by atoms with Gasteiger partial charge < -0.3 is 10.6 Å². The second-order valence-corrected chi connectivity index (χ2v) is 6.15. The van der Waals surface area contributed by atoms with E-state index in [-0.39, 0.29) is 17.5 Å². The quantitative estimate of drug-likeness (QED) is 0.683. The van der Waals surface area contributed by atoms with E-state index in [2.05, 4.69) is 26.7 Å². The van der Waals surface area contributed by atoms with Crippen LogP contribution in [0, 0.1) is 11.3 Å². The largest absolute Gasteiger partial charge is 0.350 e. The first-order chi connectivity index (χ1) is 13.1. The first-order valence-electron chi connectivity index (χ1n) is 8.27. The number of nitriles is 1. The van der Waals surface area contributed by atoms with Crippen LogP contribution in [0.15, 0.2) is 60.8 Å². The van der Waals surface area contributed by atoms with Crippen molar-refractivity contribution >= 4 is 29.1 Å². The first kappa shape index (κ1) is 18.4. The number of carbonyl (C=O) groups is 1. The number of hydrogen-bond donors (Lipinski definition) is 2. The van der Waals surface area contributed by atoms with Gasteiger partial charge in [-0.15, -0.1) is 0 Å². The zero-order valence-electron chi connectivity index (χ0n) is 14.3. The number of hydrogen-bond acceptors (Lipinski definition) is 5. The molecule has 0 saturated carbocycles. The molecule has 27 heavy (non-hydrogen) atoms. The van der Waals surface area contributed by atoms with E-state index in [9.17, 15) is 4.79 Å². The SMILES string of the molecule is N#Cc1cccc(Nc2nccc(C(=O)NCCc3ccc(Cl)cc3)n2)c1. The summed E-state index contributed by atoms with van der Waals surface area (Å²) in [6.45, 7) is 0.484. The number of amides is 1. The summed E-state index contributed by atoms with van der Waals surface area (Å²) in [5.74, 6) is 0.00984. The fourth-order valence-electron chi connectivity index (χ4n) is 2.40. The molecule has 0 radical (unpaired) electrons. The molecule has 0 saturated heterocycles. The summed E-state index contributed by atoms with van der Waals surface area (Å²) in [6.07, 6.45) is 2.21. The van der Waals surface area contributed by atoms with Gasteiger partial charge in [0.25, 0.3) is 5.91 Å². The number of carbonyl (C=O) groups excluding carboxylic acids is 1. The van der Waals surface area contributed by atoms with Crippen molar-refractivity contribution in [2.75, 3.05) is 11.9 Å². The Morgan fingerprint density at radius 1 is 1.15 bits per heavy atom. The van der Waals surface area contributed by atoms with Gasteiger partial charge in [-0.25, -0.2) is 9.97 Å². The number of nitrogens with zero attached hydrogens (tertiary/aromatic N) is 3. The molecule has 2 aromatic carbocycles. The molecule has 0 atom stereocenters. The molecule has 1 aromatic heterocycles. The van der Waals surface area contributed by atoms with E-state index in [1.165, 1.54) is 6.20 Å². The molecule has 1 heterocycles. The molecule has 0 aliphatic rings. The van der Waals surface area contributed by atoms with E-state index in [1.807, 2.05) is 24.3 Å². The van der Waals surface area contributed by atoms with Crippen molar-refractivity contribution in [1.82, 2.24) is 15.3 Å². The van der Waals surface area contributed by atoms with E-state index in [0.717, 1.165) is 5.56 Å². The summed E-state index contributed by atoms with van der Waals surface area (Å²) in [5.41, 5.74) is 2.55. The van der Waals surface area contributed by atoms with E-state index in [1.54, 1.807) is 30.3 Å². The lowest BCUT2D eigenvalue weighted by molar-refractivity contribution is 0.0949. The highest BCUT2D eigenvalue weighted by atomic mass is 35.5. The number of anilines is 2. The maximum Gasteiger partial charge on any atom is 0.270 e. The van der Waals surface area contributed by atoms with Crippen molar-refractivity contribution in [2.24, 2.45) is 0 Å². The minimum absolute atomic E-state index is 0.264. The van der Waals surface area contributed by atoms with Gasteiger partial charge in [-0.3, -0.25) is 4.79 Å². The van der Waals surface area contributed by atoms with Gasteiger partial charge >= 0.3 is 0 Å². The molecule has 0 unspecified atom stereocenters. The van der Waals surface area contributed by atoms with Crippen molar-refractivity contribution in [3.63, 3.8) is 0 Å². The van der Waals surface area contributed by atoms with Crippen molar-refractivity contribution < 1.29 is 4.79 Å². The topological polar surface area (TPSA) is 90.7 Å². The Hall–Kier alpha value is -3.43. The minimum Gasteiger partial charge on any atom is -0.350 e. The van der Waals surface area contributed by atoms with Crippen molar-refractivity contribution in [1.29, 1.82) is 5.26 Å². The molecule has 0 bridgehead atoms. The Morgan fingerprint density at radius 2 is 1.96 bits per heavy atom. The summed E-state index contributed by atoms with van der Waals surface area (Å²) in [4.78, 5) is 20.6. The van der Waals surface area contributed by atoms with Crippen LogP contribution in [0.4, 0.5) is 11.6 Å². The zero-order valence-corrected chi connectivity index (χ0v) is 15.1. The van der Waals surface area contributed by atoms with Gasteiger partial charge in [0, 0.05) is 23.5 Å². The van der Waals surface area contributed by atoms with Gasteiger partial charge in [0.1, 0.15) is 5.69 Å². The lowest BCUT2D eigenvalue weighted by Crippen LogP contribution is -2.26. The van der Waals surface area contributed by atoms with Crippen LogP contribution in [0.5, 0.6) is 0 Å². The summed E-state index contributed by atoms with van der Waals surface area (Å²) >= 11 is 5.86. The molecular weight excluding hydrogens is 362 g/mol. The minimum atomic E-state index is -0.278. The number of benzene rings is 2. The van der Waals surface area contributed by atoms with Crippen LogP contribution in [0.25, 0.3) is 0 Å². The van der Waals surface area contributed by atoms with Gasteiger partial charge in [-0.1, -0.05) is 29.8 Å². The van der Waals surface area contributed by atoms with Crippen LogP contribution in [-0.2, 0) is 6.42 Å². The van der Waals surface area contributed by atoms with Gasteiger partial charge in [-0.2, -0.15) is 5.26 Å². The molecule has 3 aromatic rings. The lowest BCUT2D eigenvalue weighted by Gasteiger charge is -2.08. The Balaban J connectivity index is 1.59. The summed E-state index contributed by atoms with van der Waals surface area (Å²) < 4.78 is 0. The van der Waals surface area contributed by atoms with E-state index < -0.39 is 0 Å². The highest BCUT2D eigenvalue weighted by Gasteiger charge is 2.09. The molecule has 0 spiro atoms. The van der Waals surface area contributed by atoms with Crippen LogP contribution in [0.1, 0.15) is 21.6 Å². The summed E-state index contributed by atoms with van der Waals surface area (Å²) in [5, 5.41) is 15.5. The van der Waals surface area contributed by atoms with Crippen molar-refractivity contribution in [3.05, 3.63) is 82.6 Å². The Bertz CT molecular complexity index is 982. The number of rotatable bonds is 6. The van der Waals surface area contributed by atoms with E-state index >= 15 is 0 Å². The molecule has 0 aliphatic carbocycles. The molecule has 0 aliphatic heterocycles. The Morgan fingerprint density at radius 3 is 2.74 bits per heavy atom. The molecule has 134 valence electrons. The third kappa shape index (κ3) is 5.27. The second-order valence-electron chi connectivity index (χ2n) is 5.72. The van der Waals surface area contributed by atoms with Crippen LogP contribution >= 0.6 is 11.6 Å². The predicted octanol–water partition coefficient (Wildman–Crippen LogP) is 3.72. The van der Waals surface area contributed by atoms with Crippen LogP contribution in [0.3, 0.4) is 0 Å². The summed E-state index contributed by atoms with van der Waals surface area (Å²) in [7, 11) is 0. The fraction of sp³-hybridized carbons (Fsp3) is 0.100.